The van der Waals surface area contributed by atoms with Crippen LogP contribution in [0.5, 0.6) is 0 Å². The Morgan fingerprint density at radius 1 is 0.960 bits per heavy atom. The van der Waals surface area contributed by atoms with E-state index < -0.39 is 5.60 Å². The molecule has 0 aromatic heterocycles. The highest BCUT2D eigenvalue weighted by Gasteiger charge is 2.43. The van der Waals surface area contributed by atoms with Crippen molar-refractivity contribution in [3.63, 3.8) is 0 Å². The van der Waals surface area contributed by atoms with Gasteiger partial charge in [0.15, 0.2) is 0 Å². The van der Waals surface area contributed by atoms with Gasteiger partial charge in [-0.05, 0) is 45.7 Å². The quantitative estimate of drug-likeness (QED) is 0.766. The lowest BCUT2D eigenvalue weighted by molar-refractivity contribution is -0.160. The molecule has 142 valence electrons. The number of amides is 2. The third-order valence-electron chi connectivity index (χ3n) is 6.12. The van der Waals surface area contributed by atoms with E-state index in [1.54, 1.807) is 7.11 Å². The zero-order chi connectivity index (χ0) is 17.9. The predicted octanol–water partition coefficient (Wildman–Crippen LogP) is -0.0899. The zero-order valence-electron chi connectivity index (χ0n) is 15.6. The van der Waals surface area contributed by atoms with Crippen LogP contribution in [0.4, 0.5) is 0 Å². The molecule has 1 atom stereocenters. The van der Waals surface area contributed by atoms with Crippen molar-refractivity contribution >= 4 is 11.8 Å². The SMILES string of the molecule is COC1(C(=O)N2CCN(C(C)C(=O)N3CCCC3)CC2)CCNCC1. The first-order chi connectivity index (χ1) is 12.1. The maximum absolute atomic E-state index is 13.0. The summed E-state index contributed by atoms with van der Waals surface area (Å²) in [5, 5.41) is 3.29. The molecule has 3 saturated heterocycles. The highest BCUT2D eigenvalue weighted by Crippen LogP contribution is 2.26. The third kappa shape index (κ3) is 3.83. The monoisotopic (exact) mass is 352 g/mol. The van der Waals surface area contributed by atoms with Crippen LogP contribution in [0.15, 0.2) is 0 Å². The molecule has 3 aliphatic rings. The first-order valence-electron chi connectivity index (χ1n) is 9.65. The highest BCUT2D eigenvalue weighted by atomic mass is 16.5. The average molecular weight is 352 g/mol. The second-order valence-corrected chi connectivity index (χ2v) is 7.48. The summed E-state index contributed by atoms with van der Waals surface area (Å²) in [4.78, 5) is 31.7. The van der Waals surface area contributed by atoms with Gasteiger partial charge in [-0.15, -0.1) is 0 Å². The maximum Gasteiger partial charge on any atom is 0.254 e. The number of piperazine rings is 1. The largest absolute Gasteiger partial charge is 0.368 e. The van der Waals surface area contributed by atoms with Gasteiger partial charge in [0.25, 0.3) is 5.91 Å². The van der Waals surface area contributed by atoms with E-state index in [1.807, 2.05) is 16.7 Å². The number of hydrogen-bond donors (Lipinski definition) is 1. The van der Waals surface area contributed by atoms with Gasteiger partial charge in [-0.1, -0.05) is 0 Å². The van der Waals surface area contributed by atoms with Gasteiger partial charge in [-0.25, -0.2) is 0 Å². The van der Waals surface area contributed by atoms with Crippen molar-refractivity contribution in [2.24, 2.45) is 0 Å². The van der Waals surface area contributed by atoms with Crippen LogP contribution in [0, 0.1) is 0 Å². The van der Waals surface area contributed by atoms with Gasteiger partial charge in [-0.3, -0.25) is 14.5 Å². The van der Waals surface area contributed by atoms with Gasteiger partial charge in [0.1, 0.15) is 5.60 Å². The molecule has 0 bridgehead atoms. The maximum atomic E-state index is 13.0. The summed E-state index contributed by atoms with van der Waals surface area (Å²) in [5.41, 5.74) is -0.662. The lowest BCUT2D eigenvalue weighted by Crippen LogP contribution is -2.61. The van der Waals surface area contributed by atoms with E-state index in [1.165, 1.54) is 0 Å². The fourth-order valence-corrected chi connectivity index (χ4v) is 4.29. The summed E-state index contributed by atoms with van der Waals surface area (Å²) in [6.45, 7) is 8.29. The van der Waals surface area contributed by atoms with Crippen molar-refractivity contribution in [3.8, 4) is 0 Å². The predicted molar refractivity (Wildman–Crippen MR) is 95.3 cm³/mol. The molecule has 7 nitrogen and oxygen atoms in total. The zero-order valence-corrected chi connectivity index (χ0v) is 15.6. The minimum Gasteiger partial charge on any atom is -0.368 e. The fraction of sp³-hybridized carbons (Fsp3) is 0.889. The Bertz CT molecular complexity index is 479. The molecule has 2 amide bonds. The van der Waals surface area contributed by atoms with Crippen LogP contribution in [0.1, 0.15) is 32.6 Å². The summed E-state index contributed by atoms with van der Waals surface area (Å²) >= 11 is 0. The topological polar surface area (TPSA) is 65.1 Å². The van der Waals surface area contributed by atoms with Crippen LogP contribution in [-0.4, -0.2) is 97.6 Å². The lowest BCUT2D eigenvalue weighted by atomic mass is 9.90. The Balaban J connectivity index is 1.54. The van der Waals surface area contributed by atoms with Crippen molar-refractivity contribution in [2.45, 2.75) is 44.2 Å². The molecule has 0 radical (unpaired) electrons. The molecule has 0 aromatic rings. The fourth-order valence-electron chi connectivity index (χ4n) is 4.29. The molecule has 0 saturated carbocycles. The number of nitrogens with one attached hydrogen (secondary N) is 1. The standard InChI is InChI=1S/C18H32N4O3/c1-15(16(23)21-9-3-4-10-21)20-11-13-22(14-12-20)17(24)18(25-2)5-7-19-8-6-18/h15,19H,3-14H2,1-2H3. The number of ether oxygens (including phenoxy) is 1. The van der Waals surface area contributed by atoms with Gasteiger partial charge in [-0.2, -0.15) is 0 Å². The minimum atomic E-state index is -0.662. The Labute approximate surface area is 150 Å². The Morgan fingerprint density at radius 2 is 1.56 bits per heavy atom. The molecule has 3 fully saturated rings. The highest BCUT2D eigenvalue weighted by molar-refractivity contribution is 5.86. The number of likely N-dealkylation sites (tertiary alicyclic amines) is 1. The molecule has 1 N–H and O–H groups in total. The smallest absolute Gasteiger partial charge is 0.254 e. The number of carbonyl (C=O) groups is 2. The van der Waals surface area contributed by atoms with Gasteiger partial charge < -0.3 is 19.9 Å². The second-order valence-electron chi connectivity index (χ2n) is 7.48. The summed E-state index contributed by atoms with van der Waals surface area (Å²) in [6, 6.07) is -0.0920. The summed E-state index contributed by atoms with van der Waals surface area (Å²) in [7, 11) is 1.65. The summed E-state index contributed by atoms with van der Waals surface area (Å²) < 4.78 is 5.67. The summed E-state index contributed by atoms with van der Waals surface area (Å²) in [6.07, 6.45) is 3.70. The first kappa shape index (κ1) is 18.6. The van der Waals surface area contributed by atoms with Gasteiger partial charge in [0.05, 0.1) is 6.04 Å². The molecule has 1 unspecified atom stereocenters. The number of nitrogens with zero attached hydrogens (tertiary/aromatic N) is 3. The van der Waals surface area contributed by atoms with E-state index in [4.69, 9.17) is 4.74 Å². The van der Waals surface area contributed by atoms with E-state index in [0.717, 1.165) is 65.0 Å². The molecule has 3 heterocycles. The van der Waals surface area contributed by atoms with Crippen LogP contribution in [-0.2, 0) is 14.3 Å². The van der Waals surface area contributed by atoms with Crippen molar-refractivity contribution < 1.29 is 14.3 Å². The van der Waals surface area contributed by atoms with Gasteiger partial charge in [0.2, 0.25) is 5.91 Å². The molecule has 3 aliphatic heterocycles. The van der Waals surface area contributed by atoms with Gasteiger partial charge >= 0.3 is 0 Å². The molecular weight excluding hydrogens is 320 g/mol. The lowest BCUT2D eigenvalue weighted by Gasteiger charge is -2.43. The van der Waals surface area contributed by atoms with E-state index in [-0.39, 0.29) is 17.9 Å². The number of piperidine rings is 1. The second kappa shape index (κ2) is 8.01. The number of carbonyl (C=O) groups excluding carboxylic acids is 2. The molecule has 0 spiro atoms. The normalized spacial score (nSPS) is 25.8. The first-order valence-corrected chi connectivity index (χ1v) is 9.65. The van der Waals surface area contributed by atoms with E-state index in [9.17, 15) is 9.59 Å². The van der Waals surface area contributed by atoms with Crippen molar-refractivity contribution in [1.82, 2.24) is 20.0 Å². The Kier molecular flexibility index (Phi) is 5.96. The van der Waals surface area contributed by atoms with E-state index in [2.05, 4.69) is 10.2 Å². The van der Waals surface area contributed by atoms with E-state index in [0.29, 0.717) is 13.1 Å². The van der Waals surface area contributed by atoms with Crippen LogP contribution in [0.25, 0.3) is 0 Å². The summed E-state index contributed by atoms with van der Waals surface area (Å²) in [5.74, 6) is 0.360. The molecule has 7 heteroatoms. The molecule has 3 rings (SSSR count). The molecule has 0 aliphatic carbocycles. The van der Waals surface area contributed by atoms with E-state index >= 15 is 0 Å². The number of hydrogen-bond acceptors (Lipinski definition) is 5. The molecular formula is C18H32N4O3. The van der Waals surface area contributed by atoms with Gasteiger partial charge in [0, 0.05) is 46.4 Å². The van der Waals surface area contributed by atoms with Crippen LogP contribution in [0.2, 0.25) is 0 Å². The number of methoxy groups -OCH3 is 1. The van der Waals surface area contributed by atoms with Crippen LogP contribution >= 0.6 is 0 Å². The molecule has 25 heavy (non-hydrogen) atoms. The number of rotatable bonds is 4. The molecule has 0 aromatic carbocycles. The Hall–Kier alpha value is -1.18. The van der Waals surface area contributed by atoms with Crippen molar-refractivity contribution in [1.29, 1.82) is 0 Å². The van der Waals surface area contributed by atoms with Crippen LogP contribution in [0.3, 0.4) is 0 Å². The average Bonchev–Trinajstić information content (AvgIpc) is 3.21. The Morgan fingerprint density at radius 3 is 2.12 bits per heavy atom. The van der Waals surface area contributed by atoms with Crippen LogP contribution < -0.4 is 5.32 Å². The van der Waals surface area contributed by atoms with Crippen molar-refractivity contribution in [2.75, 3.05) is 59.5 Å². The third-order valence-corrected chi connectivity index (χ3v) is 6.12. The minimum absolute atomic E-state index is 0.0920. The van der Waals surface area contributed by atoms with Crippen molar-refractivity contribution in [3.05, 3.63) is 0 Å².